The van der Waals surface area contributed by atoms with Gasteiger partial charge in [-0.05, 0) is 37.8 Å². The van der Waals surface area contributed by atoms with Crippen LogP contribution in [0, 0.1) is 28.6 Å². The Labute approximate surface area is 177 Å². The summed E-state index contributed by atoms with van der Waals surface area (Å²) in [5.74, 6) is 0.446. The Morgan fingerprint density at radius 3 is 2.70 bits per heavy atom. The first-order chi connectivity index (χ1) is 14.4. The Hall–Kier alpha value is -2.87. The van der Waals surface area contributed by atoms with E-state index < -0.39 is 0 Å². The molecule has 1 aromatic carbocycles. The molecule has 3 aliphatic rings. The number of amides is 1. The third kappa shape index (κ3) is 3.15. The summed E-state index contributed by atoms with van der Waals surface area (Å²) < 4.78 is 0. The highest BCUT2D eigenvalue weighted by Crippen LogP contribution is 2.38. The van der Waals surface area contributed by atoms with E-state index in [9.17, 15) is 15.3 Å². The van der Waals surface area contributed by atoms with E-state index in [1.54, 1.807) is 11.0 Å². The van der Waals surface area contributed by atoms with Gasteiger partial charge in [-0.3, -0.25) is 9.69 Å². The lowest BCUT2D eigenvalue weighted by atomic mass is 10.0. The lowest BCUT2D eigenvalue weighted by Crippen LogP contribution is -2.54. The van der Waals surface area contributed by atoms with Crippen LogP contribution in [0.4, 0.5) is 5.69 Å². The van der Waals surface area contributed by atoms with Crippen molar-refractivity contribution >= 4 is 11.6 Å². The first-order valence-corrected chi connectivity index (χ1v) is 10.6. The van der Waals surface area contributed by atoms with E-state index in [1.807, 2.05) is 18.2 Å². The molecule has 5 unspecified atom stereocenters. The second kappa shape index (κ2) is 7.75. The summed E-state index contributed by atoms with van der Waals surface area (Å²) in [4.78, 5) is 19.1. The zero-order valence-electron chi connectivity index (χ0n) is 17.5. The summed E-state index contributed by atoms with van der Waals surface area (Å²) in [6, 6.07) is 11.4. The van der Waals surface area contributed by atoms with Gasteiger partial charge < -0.3 is 15.5 Å². The third-order valence-corrected chi connectivity index (χ3v) is 7.09. The Balaban J connectivity index is 1.45. The lowest BCUT2D eigenvalue weighted by molar-refractivity contribution is -0.122. The molecule has 0 saturated carbocycles. The van der Waals surface area contributed by atoms with Crippen LogP contribution in [0.3, 0.4) is 0 Å². The number of hydrogen-bond acceptors (Lipinski definition) is 6. The SMILES string of the molecule is C=C(C(N)CN1C[C@@H]2CC1C(=O)N2c1ccccc1C#N)N1C(C#N)CC(C)C1C. The van der Waals surface area contributed by atoms with Gasteiger partial charge in [0.15, 0.2) is 0 Å². The van der Waals surface area contributed by atoms with Crippen molar-refractivity contribution < 1.29 is 4.79 Å². The zero-order chi connectivity index (χ0) is 21.6. The maximum atomic E-state index is 13.1. The fourth-order valence-corrected chi connectivity index (χ4v) is 5.31. The van der Waals surface area contributed by atoms with Gasteiger partial charge in [0, 0.05) is 24.8 Å². The highest BCUT2D eigenvalue weighted by Gasteiger charge is 2.51. The average Bonchev–Trinajstić information content (AvgIpc) is 3.38. The van der Waals surface area contributed by atoms with Crippen molar-refractivity contribution in [2.45, 2.75) is 56.9 Å². The molecule has 3 aliphatic heterocycles. The second-order valence-electron chi connectivity index (χ2n) is 8.80. The molecule has 6 atom stereocenters. The van der Waals surface area contributed by atoms with Crippen LogP contribution in [-0.4, -0.2) is 59.0 Å². The van der Waals surface area contributed by atoms with E-state index in [1.165, 1.54) is 0 Å². The highest BCUT2D eigenvalue weighted by atomic mass is 16.2. The quantitative estimate of drug-likeness (QED) is 0.803. The standard InChI is InChI=1S/C23H28N6O/c1-14-8-18(11-25)28(15(14)2)16(3)20(26)13-27-12-19-9-22(27)23(30)29(19)21-7-5-4-6-17(21)10-24/h4-7,14-15,18-20,22H,3,8-9,12-13,26H2,1-2H3/t14?,15?,18?,19-,20?,22?/m0/s1. The molecule has 1 amide bonds. The number of nitriles is 2. The summed E-state index contributed by atoms with van der Waals surface area (Å²) in [7, 11) is 0. The van der Waals surface area contributed by atoms with Crippen molar-refractivity contribution in [3.63, 3.8) is 0 Å². The molecule has 7 heteroatoms. The number of nitrogens with two attached hydrogens (primary N) is 1. The van der Waals surface area contributed by atoms with E-state index in [-0.39, 0.29) is 36.1 Å². The van der Waals surface area contributed by atoms with Crippen molar-refractivity contribution in [2.24, 2.45) is 11.7 Å². The predicted octanol–water partition coefficient (Wildman–Crippen LogP) is 1.81. The molecule has 7 nitrogen and oxygen atoms in total. The third-order valence-electron chi connectivity index (χ3n) is 7.09. The van der Waals surface area contributed by atoms with Gasteiger partial charge in [-0.1, -0.05) is 25.6 Å². The van der Waals surface area contributed by atoms with E-state index >= 15 is 0 Å². The molecule has 3 fully saturated rings. The fourth-order valence-electron chi connectivity index (χ4n) is 5.31. The lowest BCUT2D eigenvalue weighted by Gasteiger charge is -2.38. The zero-order valence-corrected chi connectivity index (χ0v) is 17.5. The summed E-state index contributed by atoms with van der Waals surface area (Å²) in [5, 5.41) is 18.9. The minimum absolute atomic E-state index is 0.0322. The van der Waals surface area contributed by atoms with Crippen LogP contribution < -0.4 is 10.6 Å². The van der Waals surface area contributed by atoms with Crippen LogP contribution >= 0.6 is 0 Å². The number of hydrogen-bond donors (Lipinski definition) is 1. The van der Waals surface area contributed by atoms with Crippen molar-refractivity contribution in [1.29, 1.82) is 10.5 Å². The first-order valence-electron chi connectivity index (χ1n) is 10.6. The molecule has 2 N–H and O–H groups in total. The van der Waals surface area contributed by atoms with Crippen LogP contribution in [0.1, 0.15) is 32.3 Å². The van der Waals surface area contributed by atoms with Gasteiger partial charge in [-0.2, -0.15) is 10.5 Å². The number of carbonyl (C=O) groups excluding carboxylic acids is 1. The maximum absolute atomic E-state index is 13.1. The molecule has 4 rings (SSSR count). The summed E-state index contributed by atoms with van der Waals surface area (Å²) >= 11 is 0. The normalized spacial score (nSPS) is 31.6. The number of nitrogens with zero attached hydrogens (tertiary/aromatic N) is 5. The first kappa shape index (κ1) is 20.4. The van der Waals surface area contributed by atoms with Gasteiger partial charge in [0.2, 0.25) is 5.91 Å². The molecule has 2 bridgehead atoms. The van der Waals surface area contributed by atoms with Crippen LogP contribution in [0.25, 0.3) is 0 Å². The number of benzene rings is 1. The fraction of sp³-hybridized carbons (Fsp3) is 0.522. The number of piperazine rings is 1. The van der Waals surface area contributed by atoms with Gasteiger partial charge >= 0.3 is 0 Å². The van der Waals surface area contributed by atoms with Gasteiger partial charge in [0.25, 0.3) is 0 Å². The summed E-state index contributed by atoms with van der Waals surface area (Å²) in [5.41, 5.74) is 8.51. The van der Waals surface area contributed by atoms with E-state index in [0.29, 0.717) is 23.7 Å². The maximum Gasteiger partial charge on any atom is 0.244 e. The van der Waals surface area contributed by atoms with Gasteiger partial charge in [-0.15, -0.1) is 0 Å². The summed E-state index contributed by atoms with van der Waals surface area (Å²) in [6.45, 7) is 9.75. The Bertz CT molecular complexity index is 946. The van der Waals surface area contributed by atoms with E-state index in [2.05, 4.69) is 42.4 Å². The second-order valence-corrected chi connectivity index (χ2v) is 8.80. The molecule has 1 aromatic rings. The van der Waals surface area contributed by atoms with Crippen LogP contribution in [0.2, 0.25) is 0 Å². The molecule has 156 valence electrons. The molecule has 3 saturated heterocycles. The van der Waals surface area contributed by atoms with Gasteiger partial charge in [0.05, 0.1) is 35.4 Å². The Morgan fingerprint density at radius 2 is 2.03 bits per heavy atom. The molecule has 0 spiro atoms. The molecule has 30 heavy (non-hydrogen) atoms. The Kier molecular flexibility index (Phi) is 5.27. The average molecular weight is 405 g/mol. The monoisotopic (exact) mass is 404 g/mol. The van der Waals surface area contributed by atoms with Crippen molar-refractivity contribution in [1.82, 2.24) is 9.80 Å². The van der Waals surface area contributed by atoms with Crippen molar-refractivity contribution in [3.05, 3.63) is 42.1 Å². The minimum Gasteiger partial charge on any atom is -0.355 e. The van der Waals surface area contributed by atoms with Gasteiger partial charge in [-0.25, -0.2) is 0 Å². The highest BCUT2D eigenvalue weighted by molar-refractivity contribution is 6.02. The molecule has 3 heterocycles. The number of fused-ring (bicyclic) bond motifs is 2. The van der Waals surface area contributed by atoms with Crippen LogP contribution in [0.5, 0.6) is 0 Å². The van der Waals surface area contributed by atoms with E-state index in [4.69, 9.17) is 5.73 Å². The van der Waals surface area contributed by atoms with Gasteiger partial charge in [0.1, 0.15) is 12.1 Å². The minimum atomic E-state index is -0.333. The number of anilines is 1. The smallest absolute Gasteiger partial charge is 0.244 e. The van der Waals surface area contributed by atoms with Crippen molar-refractivity contribution in [3.8, 4) is 12.1 Å². The topological polar surface area (TPSA) is 100 Å². The summed E-state index contributed by atoms with van der Waals surface area (Å²) in [6.07, 6.45) is 1.57. The van der Waals surface area contributed by atoms with Crippen LogP contribution in [0.15, 0.2) is 36.5 Å². The molecule has 0 aromatic heterocycles. The number of carbonyl (C=O) groups is 1. The Morgan fingerprint density at radius 1 is 1.30 bits per heavy atom. The molecule has 0 radical (unpaired) electrons. The van der Waals surface area contributed by atoms with E-state index in [0.717, 1.165) is 25.1 Å². The van der Waals surface area contributed by atoms with Crippen molar-refractivity contribution in [2.75, 3.05) is 18.0 Å². The van der Waals surface area contributed by atoms with Crippen LogP contribution in [-0.2, 0) is 4.79 Å². The molecule has 0 aliphatic carbocycles. The number of rotatable bonds is 5. The molecular weight excluding hydrogens is 376 g/mol. The largest absolute Gasteiger partial charge is 0.355 e. The number of likely N-dealkylation sites (tertiary alicyclic amines) is 2. The molecular formula is C23H28N6O. The predicted molar refractivity (Wildman–Crippen MR) is 114 cm³/mol. The number of para-hydroxylation sites is 1.